The van der Waals surface area contributed by atoms with Gasteiger partial charge >= 0.3 is 0 Å². The van der Waals surface area contributed by atoms with Crippen molar-refractivity contribution >= 4 is 0 Å². The second-order valence-electron chi connectivity index (χ2n) is 6.50. The summed E-state index contributed by atoms with van der Waals surface area (Å²) in [5.41, 5.74) is 2.43. The van der Waals surface area contributed by atoms with Crippen LogP contribution in [0.3, 0.4) is 0 Å². The van der Waals surface area contributed by atoms with Crippen LogP contribution in [0.4, 0.5) is 0 Å². The van der Waals surface area contributed by atoms with Gasteiger partial charge in [-0.1, -0.05) is 66.7 Å². The zero-order valence-electron chi connectivity index (χ0n) is 14.9. The molecule has 132 valence electrons. The van der Waals surface area contributed by atoms with Crippen molar-refractivity contribution in [1.29, 1.82) is 0 Å². The highest BCUT2D eigenvalue weighted by molar-refractivity contribution is 5.29. The van der Waals surface area contributed by atoms with Gasteiger partial charge in [-0.2, -0.15) is 0 Å². The third-order valence-electron chi connectivity index (χ3n) is 4.75. The predicted molar refractivity (Wildman–Crippen MR) is 104 cm³/mol. The highest BCUT2D eigenvalue weighted by Gasteiger charge is 2.18. The monoisotopic (exact) mass is 336 g/mol. The standard InChI is InChI=1S/C22H28N2O/c1-2-13-23-14-16-24(17-15-23)18-19-25-22(20-9-5-3-6-10-20)21-11-7-4-8-12-21/h2-12,22H,1,13-19H2. The Balaban J connectivity index is 1.54. The van der Waals surface area contributed by atoms with Crippen molar-refractivity contribution in [2.75, 3.05) is 45.9 Å². The van der Waals surface area contributed by atoms with Gasteiger partial charge in [-0.3, -0.25) is 9.80 Å². The minimum atomic E-state index is 0.00412. The third kappa shape index (κ3) is 5.27. The molecule has 0 N–H and O–H groups in total. The smallest absolute Gasteiger partial charge is 0.108 e. The van der Waals surface area contributed by atoms with E-state index in [4.69, 9.17) is 4.74 Å². The van der Waals surface area contributed by atoms with Crippen molar-refractivity contribution in [1.82, 2.24) is 9.80 Å². The minimum Gasteiger partial charge on any atom is -0.367 e. The molecule has 0 bridgehead atoms. The van der Waals surface area contributed by atoms with Crippen LogP contribution in [-0.4, -0.2) is 55.7 Å². The molecule has 0 radical (unpaired) electrons. The van der Waals surface area contributed by atoms with Crippen molar-refractivity contribution in [3.05, 3.63) is 84.4 Å². The first kappa shape index (κ1) is 17.9. The van der Waals surface area contributed by atoms with Gasteiger partial charge in [0.05, 0.1) is 6.61 Å². The molecule has 1 saturated heterocycles. The Bertz CT molecular complexity index is 581. The molecular formula is C22H28N2O. The number of nitrogens with zero attached hydrogens (tertiary/aromatic N) is 2. The maximum atomic E-state index is 6.32. The van der Waals surface area contributed by atoms with Crippen LogP contribution in [0.15, 0.2) is 73.3 Å². The summed E-state index contributed by atoms with van der Waals surface area (Å²) in [7, 11) is 0. The Hall–Kier alpha value is -1.94. The van der Waals surface area contributed by atoms with Crippen LogP contribution in [0.5, 0.6) is 0 Å². The van der Waals surface area contributed by atoms with Crippen LogP contribution in [0, 0.1) is 0 Å². The van der Waals surface area contributed by atoms with Crippen molar-refractivity contribution in [2.45, 2.75) is 6.10 Å². The van der Waals surface area contributed by atoms with Gasteiger partial charge in [0, 0.05) is 39.3 Å². The highest BCUT2D eigenvalue weighted by Crippen LogP contribution is 2.25. The van der Waals surface area contributed by atoms with E-state index in [1.54, 1.807) is 0 Å². The lowest BCUT2D eigenvalue weighted by atomic mass is 10.0. The normalized spacial score (nSPS) is 16.2. The van der Waals surface area contributed by atoms with E-state index in [1.165, 1.54) is 11.1 Å². The molecule has 1 fully saturated rings. The van der Waals surface area contributed by atoms with Crippen LogP contribution in [-0.2, 0) is 4.74 Å². The summed E-state index contributed by atoms with van der Waals surface area (Å²) in [5.74, 6) is 0. The average Bonchev–Trinajstić information content (AvgIpc) is 2.68. The largest absolute Gasteiger partial charge is 0.367 e. The number of hydrogen-bond acceptors (Lipinski definition) is 3. The first-order chi connectivity index (χ1) is 12.4. The van der Waals surface area contributed by atoms with Crippen molar-refractivity contribution in [2.24, 2.45) is 0 Å². The topological polar surface area (TPSA) is 15.7 Å². The molecule has 3 rings (SSSR count). The molecule has 0 aromatic heterocycles. The van der Waals surface area contributed by atoms with Gasteiger partial charge in [0.2, 0.25) is 0 Å². The van der Waals surface area contributed by atoms with Crippen molar-refractivity contribution < 1.29 is 4.74 Å². The van der Waals surface area contributed by atoms with Crippen LogP contribution in [0.2, 0.25) is 0 Å². The first-order valence-electron chi connectivity index (χ1n) is 9.14. The number of rotatable bonds is 8. The van der Waals surface area contributed by atoms with Crippen LogP contribution >= 0.6 is 0 Å². The van der Waals surface area contributed by atoms with E-state index in [-0.39, 0.29) is 6.10 Å². The Kier molecular flexibility index (Phi) is 6.80. The molecule has 1 aliphatic rings. The van der Waals surface area contributed by atoms with Gasteiger partial charge in [-0.05, 0) is 11.1 Å². The highest BCUT2D eigenvalue weighted by atomic mass is 16.5. The van der Waals surface area contributed by atoms with Gasteiger partial charge in [0.25, 0.3) is 0 Å². The minimum absolute atomic E-state index is 0.00412. The molecule has 25 heavy (non-hydrogen) atoms. The maximum Gasteiger partial charge on any atom is 0.108 e. The lowest BCUT2D eigenvalue weighted by Crippen LogP contribution is -2.47. The summed E-state index contributed by atoms with van der Waals surface area (Å²) in [5, 5.41) is 0. The van der Waals surface area contributed by atoms with E-state index in [9.17, 15) is 0 Å². The average molecular weight is 336 g/mol. The molecule has 1 heterocycles. The fourth-order valence-electron chi connectivity index (χ4n) is 3.32. The maximum absolute atomic E-state index is 6.32. The van der Waals surface area contributed by atoms with Gasteiger partial charge in [0.15, 0.2) is 0 Å². The number of piperazine rings is 1. The fourth-order valence-corrected chi connectivity index (χ4v) is 3.32. The summed E-state index contributed by atoms with van der Waals surface area (Å²) in [6, 6.07) is 21.0. The van der Waals surface area contributed by atoms with Crippen LogP contribution in [0.25, 0.3) is 0 Å². The van der Waals surface area contributed by atoms with Gasteiger partial charge in [-0.15, -0.1) is 6.58 Å². The number of hydrogen-bond donors (Lipinski definition) is 0. The first-order valence-corrected chi connectivity index (χ1v) is 9.14. The third-order valence-corrected chi connectivity index (χ3v) is 4.75. The SMILES string of the molecule is C=CCN1CCN(CCOC(c2ccccc2)c2ccccc2)CC1. The Morgan fingerprint density at radius 1 is 0.840 bits per heavy atom. The predicted octanol–water partition coefficient (Wildman–Crippen LogP) is 3.60. The van der Waals surface area contributed by atoms with Crippen molar-refractivity contribution in [3.63, 3.8) is 0 Å². The van der Waals surface area contributed by atoms with Gasteiger partial charge in [-0.25, -0.2) is 0 Å². The van der Waals surface area contributed by atoms with E-state index in [0.29, 0.717) is 0 Å². The van der Waals surface area contributed by atoms with E-state index in [2.05, 4.69) is 64.9 Å². The molecule has 0 spiro atoms. The molecule has 0 aliphatic carbocycles. The van der Waals surface area contributed by atoms with Crippen LogP contribution < -0.4 is 0 Å². The van der Waals surface area contributed by atoms with Gasteiger partial charge in [0.1, 0.15) is 6.10 Å². The Morgan fingerprint density at radius 2 is 1.36 bits per heavy atom. The summed E-state index contributed by atoms with van der Waals surface area (Å²) < 4.78 is 6.32. The molecule has 3 nitrogen and oxygen atoms in total. The van der Waals surface area contributed by atoms with E-state index in [0.717, 1.165) is 45.9 Å². The quantitative estimate of drug-likeness (QED) is 0.685. The number of benzene rings is 2. The van der Waals surface area contributed by atoms with E-state index < -0.39 is 0 Å². The second kappa shape index (κ2) is 9.52. The summed E-state index contributed by atoms with van der Waals surface area (Å²) in [4.78, 5) is 4.94. The molecule has 0 atom stereocenters. The molecule has 2 aromatic rings. The van der Waals surface area contributed by atoms with E-state index >= 15 is 0 Å². The lowest BCUT2D eigenvalue weighted by molar-refractivity contribution is 0.0467. The molecule has 3 heteroatoms. The molecule has 0 saturated carbocycles. The Morgan fingerprint density at radius 3 is 1.88 bits per heavy atom. The van der Waals surface area contributed by atoms with Crippen LogP contribution in [0.1, 0.15) is 17.2 Å². The van der Waals surface area contributed by atoms with Gasteiger partial charge < -0.3 is 4.74 Å². The summed E-state index contributed by atoms with van der Waals surface area (Å²) in [6.07, 6.45) is 1.99. The summed E-state index contributed by atoms with van der Waals surface area (Å²) >= 11 is 0. The molecule has 0 unspecified atom stereocenters. The van der Waals surface area contributed by atoms with Crippen molar-refractivity contribution in [3.8, 4) is 0 Å². The molecule has 0 amide bonds. The molecule has 1 aliphatic heterocycles. The lowest BCUT2D eigenvalue weighted by Gasteiger charge is -2.34. The zero-order valence-corrected chi connectivity index (χ0v) is 14.9. The zero-order chi connectivity index (χ0) is 17.3. The fraction of sp³-hybridized carbons (Fsp3) is 0.364. The van der Waals surface area contributed by atoms with E-state index in [1.807, 2.05) is 18.2 Å². The Labute approximate surface area is 151 Å². The number of ether oxygens (including phenoxy) is 1. The molecular weight excluding hydrogens is 308 g/mol. The second-order valence-corrected chi connectivity index (χ2v) is 6.50. The molecule has 2 aromatic carbocycles. The summed E-state index contributed by atoms with van der Waals surface area (Å²) in [6.45, 7) is 11.0.